The van der Waals surface area contributed by atoms with Crippen molar-refractivity contribution in [1.82, 2.24) is 0 Å². The molecule has 0 heterocycles. The number of ether oxygens (including phenoxy) is 2. The van der Waals surface area contributed by atoms with Crippen molar-refractivity contribution >= 4 is 6.29 Å². The molecule has 0 fully saturated rings. The van der Waals surface area contributed by atoms with Crippen LogP contribution in [-0.4, -0.2) is 6.29 Å². The minimum Gasteiger partial charge on any atom is -0.388 e. The van der Waals surface area contributed by atoms with E-state index >= 15 is 0 Å². The predicted octanol–water partition coefficient (Wildman–Crippen LogP) is 1.22. The number of benzene rings is 1. The SMILES string of the molecule is N#COc1ccc(C=O)c(OC#N)c1. The molecule has 0 aromatic heterocycles. The number of nitrogens with zero attached hydrogens (tertiary/aromatic N) is 2. The minimum atomic E-state index is 0.0650. The molecule has 0 bridgehead atoms. The summed E-state index contributed by atoms with van der Waals surface area (Å²) >= 11 is 0. The molecule has 0 saturated heterocycles. The number of nitriles is 2. The van der Waals surface area contributed by atoms with Gasteiger partial charge in [0.2, 0.25) is 0 Å². The topological polar surface area (TPSA) is 83.1 Å². The highest BCUT2D eigenvalue weighted by Gasteiger charge is 2.05. The maximum atomic E-state index is 10.5. The van der Waals surface area contributed by atoms with Crippen molar-refractivity contribution in [3.05, 3.63) is 23.8 Å². The van der Waals surface area contributed by atoms with E-state index in [4.69, 9.17) is 10.5 Å². The Bertz CT molecular complexity index is 429. The number of carbonyl (C=O) groups excluding carboxylic acids is 1. The fourth-order valence-electron chi connectivity index (χ4n) is 0.866. The summed E-state index contributed by atoms with van der Waals surface area (Å²) in [5, 5.41) is 16.5. The maximum Gasteiger partial charge on any atom is 0.292 e. The fourth-order valence-corrected chi connectivity index (χ4v) is 0.866. The van der Waals surface area contributed by atoms with E-state index in [1.165, 1.54) is 30.7 Å². The first-order chi connectivity index (χ1) is 6.81. The molecular formula is C9H4N2O3. The summed E-state index contributed by atoms with van der Waals surface area (Å²) in [6.45, 7) is 0. The molecule has 1 aromatic rings. The van der Waals surface area contributed by atoms with E-state index in [0.717, 1.165) is 0 Å². The summed E-state index contributed by atoms with van der Waals surface area (Å²) in [7, 11) is 0. The van der Waals surface area contributed by atoms with Gasteiger partial charge >= 0.3 is 0 Å². The first-order valence-electron chi connectivity index (χ1n) is 3.53. The smallest absolute Gasteiger partial charge is 0.292 e. The van der Waals surface area contributed by atoms with Crippen LogP contribution in [0.15, 0.2) is 18.2 Å². The second kappa shape index (κ2) is 4.48. The Kier molecular flexibility index (Phi) is 3.06. The number of hydrogen-bond acceptors (Lipinski definition) is 5. The molecule has 1 rings (SSSR count). The zero-order valence-electron chi connectivity index (χ0n) is 6.93. The monoisotopic (exact) mass is 188 g/mol. The lowest BCUT2D eigenvalue weighted by Crippen LogP contribution is -1.91. The van der Waals surface area contributed by atoms with Gasteiger partial charge in [0, 0.05) is 6.07 Å². The van der Waals surface area contributed by atoms with Crippen molar-refractivity contribution in [2.24, 2.45) is 0 Å². The first kappa shape index (κ1) is 9.56. The van der Waals surface area contributed by atoms with E-state index < -0.39 is 0 Å². The van der Waals surface area contributed by atoms with Crippen LogP contribution in [0.3, 0.4) is 0 Å². The Morgan fingerprint density at radius 1 is 1.21 bits per heavy atom. The molecule has 0 atom stereocenters. The molecular weight excluding hydrogens is 184 g/mol. The highest BCUT2D eigenvalue weighted by molar-refractivity contribution is 5.79. The van der Waals surface area contributed by atoms with Crippen LogP contribution >= 0.6 is 0 Å². The molecule has 0 spiro atoms. The normalized spacial score (nSPS) is 8.14. The van der Waals surface area contributed by atoms with Gasteiger partial charge in [0.15, 0.2) is 12.0 Å². The molecule has 0 N–H and O–H groups in total. The van der Waals surface area contributed by atoms with Gasteiger partial charge in [-0.25, -0.2) is 0 Å². The summed E-state index contributed by atoms with van der Waals surface area (Å²) in [6, 6.07) is 4.11. The minimum absolute atomic E-state index is 0.0650. The standard InChI is InChI=1S/C9H4N2O3/c10-5-13-8-2-1-7(4-12)9(3-8)14-6-11/h1-4H. The van der Waals surface area contributed by atoms with Gasteiger partial charge in [-0.15, -0.1) is 10.5 Å². The van der Waals surface area contributed by atoms with Crippen LogP contribution in [0.2, 0.25) is 0 Å². The summed E-state index contributed by atoms with van der Waals surface area (Å²) in [4.78, 5) is 10.5. The van der Waals surface area contributed by atoms with E-state index in [2.05, 4.69) is 9.47 Å². The summed E-state index contributed by atoms with van der Waals surface area (Å²) < 4.78 is 8.99. The molecule has 0 radical (unpaired) electrons. The van der Waals surface area contributed by atoms with Gasteiger partial charge in [0.1, 0.15) is 5.75 Å². The quantitative estimate of drug-likeness (QED) is 0.526. The van der Waals surface area contributed by atoms with Crippen LogP contribution in [0.25, 0.3) is 0 Å². The highest BCUT2D eigenvalue weighted by atomic mass is 16.5. The van der Waals surface area contributed by atoms with Crippen molar-refractivity contribution in [1.29, 1.82) is 10.5 Å². The zero-order valence-corrected chi connectivity index (χ0v) is 6.93. The van der Waals surface area contributed by atoms with E-state index in [0.29, 0.717) is 6.29 Å². The third-order valence-electron chi connectivity index (χ3n) is 1.43. The van der Waals surface area contributed by atoms with Crippen LogP contribution in [0.4, 0.5) is 0 Å². The van der Waals surface area contributed by atoms with E-state index in [9.17, 15) is 4.79 Å². The van der Waals surface area contributed by atoms with Crippen LogP contribution in [-0.2, 0) is 0 Å². The lowest BCUT2D eigenvalue weighted by atomic mass is 10.2. The van der Waals surface area contributed by atoms with Crippen LogP contribution in [0, 0.1) is 23.0 Å². The van der Waals surface area contributed by atoms with Crippen molar-refractivity contribution < 1.29 is 14.3 Å². The Balaban J connectivity index is 3.09. The number of hydrogen-bond donors (Lipinski definition) is 0. The lowest BCUT2D eigenvalue weighted by molar-refractivity contribution is 0.112. The van der Waals surface area contributed by atoms with E-state index in [1.807, 2.05) is 0 Å². The summed E-state index contributed by atoms with van der Waals surface area (Å²) in [5.41, 5.74) is 0.219. The van der Waals surface area contributed by atoms with Crippen molar-refractivity contribution in [3.8, 4) is 24.0 Å². The molecule has 0 aliphatic heterocycles. The zero-order chi connectivity index (χ0) is 10.4. The van der Waals surface area contributed by atoms with Gasteiger partial charge in [0.25, 0.3) is 12.5 Å². The Morgan fingerprint density at radius 3 is 2.50 bits per heavy atom. The third kappa shape index (κ3) is 1.99. The average molecular weight is 188 g/mol. The summed E-state index contributed by atoms with van der Waals surface area (Å²) in [5.74, 6) is 0.276. The van der Waals surface area contributed by atoms with Gasteiger partial charge in [-0.3, -0.25) is 4.79 Å². The number of carbonyl (C=O) groups is 1. The van der Waals surface area contributed by atoms with Crippen molar-refractivity contribution in [3.63, 3.8) is 0 Å². The van der Waals surface area contributed by atoms with Crippen molar-refractivity contribution in [2.45, 2.75) is 0 Å². The lowest BCUT2D eigenvalue weighted by Gasteiger charge is -2.01. The van der Waals surface area contributed by atoms with Crippen molar-refractivity contribution in [2.75, 3.05) is 0 Å². The second-order valence-corrected chi connectivity index (χ2v) is 2.20. The van der Waals surface area contributed by atoms with Crippen LogP contribution in [0.1, 0.15) is 10.4 Å². The first-order valence-corrected chi connectivity index (χ1v) is 3.53. The summed E-state index contributed by atoms with van der Waals surface area (Å²) in [6.07, 6.45) is 3.44. The van der Waals surface area contributed by atoms with E-state index in [-0.39, 0.29) is 17.1 Å². The molecule has 5 heteroatoms. The molecule has 1 aromatic carbocycles. The highest BCUT2D eigenvalue weighted by Crippen LogP contribution is 2.23. The Labute approximate surface area is 79.7 Å². The molecule has 0 aliphatic carbocycles. The molecule has 0 aliphatic rings. The molecule has 0 saturated carbocycles. The predicted molar refractivity (Wildman–Crippen MR) is 44.3 cm³/mol. The molecule has 0 unspecified atom stereocenters. The Hall–Kier alpha value is -2.53. The van der Waals surface area contributed by atoms with Crippen LogP contribution in [0.5, 0.6) is 11.5 Å². The third-order valence-corrected chi connectivity index (χ3v) is 1.43. The molecule has 5 nitrogen and oxygen atoms in total. The fraction of sp³-hybridized carbons (Fsp3) is 0. The Morgan fingerprint density at radius 2 is 1.93 bits per heavy atom. The average Bonchev–Trinajstić information content (AvgIpc) is 2.19. The maximum absolute atomic E-state index is 10.5. The van der Waals surface area contributed by atoms with Gasteiger partial charge < -0.3 is 9.47 Å². The largest absolute Gasteiger partial charge is 0.388 e. The van der Waals surface area contributed by atoms with Gasteiger partial charge in [-0.05, 0) is 12.1 Å². The molecule has 0 amide bonds. The van der Waals surface area contributed by atoms with Gasteiger partial charge in [0.05, 0.1) is 5.56 Å². The second-order valence-electron chi connectivity index (χ2n) is 2.20. The van der Waals surface area contributed by atoms with Gasteiger partial charge in [-0.1, -0.05) is 0 Å². The molecule has 68 valence electrons. The number of rotatable bonds is 3. The van der Waals surface area contributed by atoms with Crippen LogP contribution < -0.4 is 9.47 Å². The molecule has 14 heavy (non-hydrogen) atoms. The number of aldehydes is 1. The van der Waals surface area contributed by atoms with Gasteiger partial charge in [-0.2, -0.15) is 0 Å². The van der Waals surface area contributed by atoms with E-state index in [1.54, 1.807) is 0 Å².